The molecule has 10 rings (SSSR count). The van der Waals surface area contributed by atoms with Gasteiger partial charge in [-0.15, -0.1) is 0 Å². The van der Waals surface area contributed by atoms with Crippen LogP contribution < -0.4 is 0 Å². The number of aliphatic imine (C=N–C) groups is 2. The molecule has 3 heterocycles. The molecule has 0 aliphatic carbocycles. The number of amidine groups is 2. The van der Waals surface area contributed by atoms with Crippen molar-refractivity contribution in [2.75, 3.05) is 0 Å². The van der Waals surface area contributed by atoms with E-state index in [1.165, 1.54) is 10.8 Å². The highest BCUT2D eigenvalue weighted by molar-refractivity contribution is 6.24. The molecule has 51 heavy (non-hydrogen) atoms. The number of furan rings is 1. The van der Waals surface area contributed by atoms with Crippen LogP contribution in [0.1, 0.15) is 22.9 Å². The van der Waals surface area contributed by atoms with E-state index in [9.17, 15) is 0 Å². The first-order chi connectivity index (χ1) is 25.3. The van der Waals surface area contributed by atoms with Crippen molar-refractivity contribution in [3.05, 3.63) is 192 Å². The van der Waals surface area contributed by atoms with E-state index in [0.717, 1.165) is 71.8 Å². The highest BCUT2D eigenvalue weighted by atomic mass is 16.3. The second kappa shape index (κ2) is 11.9. The molecule has 5 nitrogen and oxygen atoms in total. The van der Waals surface area contributed by atoms with Crippen LogP contribution in [-0.2, 0) is 0 Å². The van der Waals surface area contributed by atoms with Gasteiger partial charge < -0.3 is 14.7 Å². The van der Waals surface area contributed by atoms with Gasteiger partial charge in [0.15, 0.2) is 0 Å². The number of benzene rings is 7. The van der Waals surface area contributed by atoms with Crippen molar-refractivity contribution >= 4 is 55.3 Å². The molecule has 0 amide bonds. The number of nitrogens with zero attached hydrogens (tertiary/aromatic N) is 4. The molecule has 0 spiro atoms. The molecule has 0 radical (unpaired) electrons. The molecule has 1 unspecified atom stereocenters. The molecule has 1 aliphatic rings. The Morgan fingerprint density at radius 1 is 0.529 bits per heavy atom. The highest BCUT2D eigenvalue weighted by Gasteiger charge is 2.21. The number of hydrogen-bond acceptors (Lipinski definition) is 4. The lowest BCUT2D eigenvalue weighted by Crippen LogP contribution is -2.16. The van der Waals surface area contributed by atoms with Crippen molar-refractivity contribution in [3.8, 4) is 22.3 Å². The second-order valence-electron chi connectivity index (χ2n) is 12.8. The largest absolute Gasteiger partial charge is 0.455 e. The number of rotatable bonds is 5. The van der Waals surface area contributed by atoms with Crippen LogP contribution in [0.2, 0.25) is 0 Å². The minimum atomic E-state index is -0.426. The average molecular weight is 654 g/mol. The van der Waals surface area contributed by atoms with Crippen LogP contribution in [0.5, 0.6) is 0 Å². The lowest BCUT2D eigenvalue weighted by molar-refractivity contribution is 0.670. The van der Waals surface area contributed by atoms with Gasteiger partial charge in [-0.2, -0.15) is 0 Å². The molecule has 0 N–H and O–H groups in total. The summed E-state index contributed by atoms with van der Waals surface area (Å²) in [7, 11) is 0. The summed E-state index contributed by atoms with van der Waals surface area (Å²) in [5.74, 6) is 1.30. The standard InChI is InChI=1S/C46H29N4O/c1-3-13-30(14-4-1)44-48-45(31-15-5-2-6-16-31)50-46(49-44)38-20-10-9-19-36(38)37-24-23-35(33-22-21-29-12-7-8-17-32(29)26-33)43-42(37)39-28-40-34(18-11-25-47-40)27-41(39)51-43/h1-28,44H/q-1. The van der Waals surface area contributed by atoms with Crippen LogP contribution >= 0.6 is 0 Å². The summed E-state index contributed by atoms with van der Waals surface area (Å²) in [5.41, 5.74) is 9.65. The summed E-state index contributed by atoms with van der Waals surface area (Å²) in [5, 5.41) is 10.6. The Morgan fingerprint density at radius 2 is 1.25 bits per heavy atom. The minimum absolute atomic E-state index is 0.426. The van der Waals surface area contributed by atoms with Crippen molar-refractivity contribution in [1.82, 2.24) is 4.98 Å². The van der Waals surface area contributed by atoms with Crippen LogP contribution in [0, 0.1) is 0 Å². The van der Waals surface area contributed by atoms with E-state index in [-0.39, 0.29) is 0 Å². The molecule has 9 aromatic rings. The zero-order valence-corrected chi connectivity index (χ0v) is 27.4. The Labute approximate surface area is 294 Å². The first-order valence-corrected chi connectivity index (χ1v) is 17.1. The molecule has 1 atom stereocenters. The number of hydrogen-bond donors (Lipinski definition) is 0. The quantitative estimate of drug-likeness (QED) is 0.185. The summed E-state index contributed by atoms with van der Waals surface area (Å²) < 4.78 is 6.85. The second-order valence-corrected chi connectivity index (χ2v) is 12.8. The predicted octanol–water partition coefficient (Wildman–Crippen LogP) is 11.9. The molecular weight excluding hydrogens is 625 g/mol. The first kappa shape index (κ1) is 29.1. The molecular formula is C46H29N4O-. The van der Waals surface area contributed by atoms with Gasteiger partial charge in [0, 0.05) is 27.9 Å². The Hall–Kier alpha value is -6.85. The van der Waals surface area contributed by atoms with Crippen molar-refractivity contribution in [3.63, 3.8) is 0 Å². The number of pyridine rings is 1. The van der Waals surface area contributed by atoms with E-state index >= 15 is 0 Å². The Bertz CT molecular complexity index is 2840. The van der Waals surface area contributed by atoms with E-state index in [4.69, 9.17) is 24.7 Å². The number of fused-ring (bicyclic) bond motifs is 5. The Morgan fingerprint density at radius 3 is 2.12 bits per heavy atom. The zero-order valence-electron chi connectivity index (χ0n) is 27.4. The third-order valence-electron chi connectivity index (χ3n) is 9.69. The van der Waals surface area contributed by atoms with Crippen molar-refractivity contribution < 1.29 is 4.42 Å². The molecule has 0 saturated heterocycles. The molecule has 240 valence electrons. The normalized spacial score (nSPS) is 14.5. The maximum atomic E-state index is 6.85. The summed E-state index contributed by atoms with van der Waals surface area (Å²) in [6.45, 7) is 0. The van der Waals surface area contributed by atoms with Crippen LogP contribution in [0.15, 0.2) is 184 Å². The van der Waals surface area contributed by atoms with Crippen molar-refractivity contribution in [2.45, 2.75) is 6.17 Å². The fourth-order valence-corrected chi connectivity index (χ4v) is 7.22. The lowest BCUT2D eigenvalue weighted by atomic mass is 9.91. The monoisotopic (exact) mass is 653 g/mol. The molecule has 2 aromatic heterocycles. The van der Waals surface area contributed by atoms with Crippen LogP contribution in [0.3, 0.4) is 0 Å². The summed E-state index contributed by atoms with van der Waals surface area (Å²) >= 11 is 0. The maximum absolute atomic E-state index is 6.85. The van der Waals surface area contributed by atoms with Crippen LogP contribution in [0.4, 0.5) is 0 Å². The molecule has 0 saturated carbocycles. The summed E-state index contributed by atoms with van der Waals surface area (Å²) in [4.78, 5) is 14.8. The summed E-state index contributed by atoms with van der Waals surface area (Å²) in [6.07, 6.45) is 1.41. The van der Waals surface area contributed by atoms with Gasteiger partial charge in [-0.3, -0.25) is 9.98 Å². The minimum Gasteiger partial charge on any atom is -0.455 e. The van der Waals surface area contributed by atoms with Gasteiger partial charge in [0.25, 0.3) is 0 Å². The Kier molecular flexibility index (Phi) is 6.81. The number of aromatic nitrogens is 1. The molecule has 0 bridgehead atoms. The van der Waals surface area contributed by atoms with Gasteiger partial charge in [0.2, 0.25) is 0 Å². The van der Waals surface area contributed by atoms with E-state index in [2.05, 4.69) is 103 Å². The van der Waals surface area contributed by atoms with Crippen LogP contribution in [0.25, 0.3) is 71.2 Å². The van der Waals surface area contributed by atoms with E-state index < -0.39 is 6.17 Å². The van der Waals surface area contributed by atoms with E-state index in [0.29, 0.717) is 11.7 Å². The van der Waals surface area contributed by atoms with E-state index in [1.54, 1.807) is 0 Å². The molecule has 0 fully saturated rings. The topological polar surface area (TPSA) is 64.8 Å². The molecule has 5 heteroatoms. The predicted molar refractivity (Wildman–Crippen MR) is 209 cm³/mol. The average Bonchev–Trinajstić information content (AvgIpc) is 3.58. The lowest BCUT2D eigenvalue weighted by Gasteiger charge is -2.33. The zero-order chi connectivity index (χ0) is 33.7. The smallest absolute Gasteiger partial charge is 0.143 e. The summed E-state index contributed by atoms with van der Waals surface area (Å²) in [6, 6.07) is 56.5. The third kappa shape index (κ3) is 5.06. The van der Waals surface area contributed by atoms with Crippen molar-refractivity contribution in [1.29, 1.82) is 0 Å². The fraction of sp³-hybridized carbons (Fsp3) is 0.0217. The van der Waals surface area contributed by atoms with Crippen LogP contribution in [-0.4, -0.2) is 16.7 Å². The van der Waals surface area contributed by atoms with E-state index in [1.807, 2.05) is 66.9 Å². The molecule has 1 aliphatic heterocycles. The maximum Gasteiger partial charge on any atom is 0.143 e. The Balaban J connectivity index is 1.21. The fourth-order valence-electron chi connectivity index (χ4n) is 7.22. The SMILES string of the molecule is c1ccc(C2=NC(c3ccccc3)[N-]C(c3ccccc3-c3ccc(-c4ccc5ccccc5c4)c4oc5cc6cccnc6cc5c34)=N2)cc1. The van der Waals surface area contributed by atoms with Gasteiger partial charge in [0.1, 0.15) is 11.2 Å². The first-order valence-electron chi connectivity index (χ1n) is 17.1. The third-order valence-corrected chi connectivity index (χ3v) is 9.69. The highest BCUT2D eigenvalue weighted by Crippen LogP contribution is 2.44. The molecule has 7 aromatic carbocycles. The van der Waals surface area contributed by atoms with Gasteiger partial charge in [0.05, 0.1) is 17.5 Å². The van der Waals surface area contributed by atoms with Gasteiger partial charge in [-0.25, -0.2) is 0 Å². The van der Waals surface area contributed by atoms with Gasteiger partial charge >= 0.3 is 0 Å². The van der Waals surface area contributed by atoms with Crippen molar-refractivity contribution in [2.24, 2.45) is 9.98 Å². The van der Waals surface area contributed by atoms with Gasteiger partial charge in [-0.1, -0.05) is 139 Å². The van der Waals surface area contributed by atoms with Gasteiger partial charge in [-0.05, 0) is 74.5 Å².